The van der Waals surface area contributed by atoms with E-state index >= 15 is 0 Å². The zero-order chi connectivity index (χ0) is 31.0. The maximum Gasteiger partial charge on any atom is 0.420 e. The highest BCUT2D eigenvalue weighted by Crippen LogP contribution is 2.38. The van der Waals surface area contributed by atoms with Gasteiger partial charge in [0.1, 0.15) is 5.75 Å². The Hall–Kier alpha value is -4.94. The van der Waals surface area contributed by atoms with Gasteiger partial charge in [-0.25, -0.2) is 4.79 Å². The Kier molecular flexibility index (Phi) is 9.96. The van der Waals surface area contributed by atoms with Crippen LogP contribution in [0.5, 0.6) is 5.75 Å². The van der Waals surface area contributed by atoms with Gasteiger partial charge in [-0.3, -0.25) is 9.69 Å². The highest BCUT2D eigenvalue weighted by molar-refractivity contribution is 6.03. The van der Waals surface area contributed by atoms with Crippen molar-refractivity contribution in [3.63, 3.8) is 0 Å². The number of nitrogens with zero attached hydrogens (tertiary/aromatic N) is 4. The van der Waals surface area contributed by atoms with E-state index in [2.05, 4.69) is 20.6 Å². The van der Waals surface area contributed by atoms with E-state index in [0.29, 0.717) is 17.2 Å². The molecule has 3 aromatic carbocycles. The first-order valence-electron chi connectivity index (χ1n) is 13.6. The molecule has 5 N–H and O–H groups in total. The maximum absolute atomic E-state index is 13.6. The summed E-state index contributed by atoms with van der Waals surface area (Å²) in [5.41, 5.74) is 6.99. The Morgan fingerprint density at radius 3 is 2.28 bits per heavy atom. The predicted molar refractivity (Wildman–Crippen MR) is 157 cm³/mol. The quantitative estimate of drug-likeness (QED) is 0.0905. The summed E-state index contributed by atoms with van der Waals surface area (Å²) in [5, 5.41) is 8.84. The van der Waals surface area contributed by atoms with Gasteiger partial charge in [0.2, 0.25) is 5.96 Å². The fourth-order valence-corrected chi connectivity index (χ4v) is 5.03. The van der Waals surface area contributed by atoms with E-state index in [0.717, 1.165) is 32.1 Å². The fraction of sp³-hybridized carbons (Fsp3) is 0.300. The van der Waals surface area contributed by atoms with Crippen LogP contribution >= 0.6 is 0 Å². The Balaban J connectivity index is 1.61. The van der Waals surface area contributed by atoms with Gasteiger partial charge in [0, 0.05) is 16.9 Å². The number of amides is 3. The number of nitrogens with two attached hydrogens (primary N) is 2. The molecule has 10 nitrogen and oxygen atoms in total. The van der Waals surface area contributed by atoms with Crippen molar-refractivity contribution in [1.29, 1.82) is 0 Å². The van der Waals surface area contributed by atoms with Gasteiger partial charge in [0.15, 0.2) is 0 Å². The molecule has 0 bridgehead atoms. The van der Waals surface area contributed by atoms with Crippen molar-refractivity contribution >= 4 is 29.3 Å². The summed E-state index contributed by atoms with van der Waals surface area (Å²) in [5.74, 6) is 3.95. The summed E-state index contributed by atoms with van der Waals surface area (Å²) in [6.45, 7) is 0.0537. The molecule has 0 spiro atoms. The standard InChI is InChI=1S/C30H32F3N7O3/c1-43-26-16-13-23(17-25(26)30(31,32)33)36-29(42)40(24-14-11-21(12-15-24)20-5-3-2-4-6-20)18-19-7-9-22(10-8-19)27(41)37-28(34)38-39-35/h7-17,20H,2-6,18H2,1H3,(H,36,42)(H4,34,35,37,38,41). The molecular formula is C30H32F3N7O3. The topological polar surface area (TPSA) is 148 Å². The molecule has 43 heavy (non-hydrogen) atoms. The molecule has 0 atom stereocenters. The molecule has 0 heterocycles. The van der Waals surface area contributed by atoms with Crippen LogP contribution in [0.3, 0.4) is 0 Å². The first-order valence-corrected chi connectivity index (χ1v) is 13.6. The van der Waals surface area contributed by atoms with E-state index in [-0.39, 0.29) is 23.5 Å². The highest BCUT2D eigenvalue weighted by atomic mass is 19.4. The van der Waals surface area contributed by atoms with Crippen molar-refractivity contribution in [2.45, 2.75) is 50.7 Å². The van der Waals surface area contributed by atoms with Crippen LogP contribution in [0, 0.1) is 0 Å². The number of hydrogen-bond acceptors (Lipinski definition) is 4. The molecule has 0 aliphatic heterocycles. The van der Waals surface area contributed by atoms with Crippen LogP contribution < -0.4 is 26.5 Å². The van der Waals surface area contributed by atoms with Crippen LogP contribution in [-0.4, -0.2) is 25.0 Å². The number of guanidine groups is 1. The van der Waals surface area contributed by atoms with Gasteiger partial charge in [-0.1, -0.05) is 53.9 Å². The average molecular weight is 596 g/mol. The molecule has 1 saturated carbocycles. The molecule has 0 saturated heterocycles. The minimum Gasteiger partial charge on any atom is -0.496 e. The third-order valence-electron chi connectivity index (χ3n) is 7.20. The van der Waals surface area contributed by atoms with Gasteiger partial charge in [0.25, 0.3) is 5.91 Å². The molecule has 3 amide bonds. The van der Waals surface area contributed by atoms with Crippen molar-refractivity contribution in [1.82, 2.24) is 0 Å². The Bertz CT molecular complexity index is 1480. The van der Waals surface area contributed by atoms with Gasteiger partial charge in [-0.05, 0) is 72.4 Å². The Morgan fingerprint density at radius 2 is 1.67 bits per heavy atom. The molecule has 1 aliphatic rings. The summed E-state index contributed by atoms with van der Waals surface area (Å²) < 4.78 is 45.6. The maximum atomic E-state index is 13.6. The number of ether oxygens (including phenoxy) is 1. The minimum absolute atomic E-state index is 0.0482. The van der Waals surface area contributed by atoms with Crippen LogP contribution in [0.25, 0.3) is 0 Å². The number of hydrogen-bond donors (Lipinski definition) is 3. The van der Waals surface area contributed by atoms with Gasteiger partial charge in [-0.2, -0.15) is 18.2 Å². The van der Waals surface area contributed by atoms with E-state index in [4.69, 9.17) is 16.3 Å². The van der Waals surface area contributed by atoms with E-state index in [1.54, 1.807) is 12.1 Å². The molecule has 13 heteroatoms. The summed E-state index contributed by atoms with van der Waals surface area (Å²) in [6, 6.07) is 16.6. The molecule has 226 valence electrons. The van der Waals surface area contributed by atoms with Crippen LogP contribution in [0.2, 0.25) is 0 Å². The number of anilines is 2. The summed E-state index contributed by atoms with van der Waals surface area (Å²) in [6.07, 6.45) is 1.12. The molecule has 1 aliphatic carbocycles. The smallest absolute Gasteiger partial charge is 0.420 e. The monoisotopic (exact) mass is 595 g/mol. The van der Waals surface area contributed by atoms with Crippen LogP contribution in [0.4, 0.5) is 29.3 Å². The Morgan fingerprint density at radius 1 is 1.00 bits per heavy atom. The molecular weight excluding hydrogens is 563 g/mol. The molecule has 0 aromatic heterocycles. The van der Waals surface area contributed by atoms with Crippen molar-refractivity contribution in [2.24, 2.45) is 26.9 Å². The molecule has 4 rings (SSSR count). The fourth-order valence-electron chi connectivity index (χ4n) is 5.03. The van der Waals surface area contributed by atoms with Crippen molar-refractivity contribution in [2.75, 3.05) is 17.3 Å². The van der Waals surface area contributed by atoms with Gasteiger partial charge in [0.05, 0.1) is 19.2 Å². The summed E-state index contributed by atoms with van der Waals surface area (Å²) in [7, 11) is 1.15. The zero-order valence-corrected chi connectivity index (χ0v) is 23.5. The number of methoxy groups -OCH3 is 1. The average Bonchev–Trinajstić information content (AvgIpc) is 3.00. The highest BCUT2D eigenvalue weighted by Gasteiger charge is 2.35. The minimum atomic E-state index is -4.68. The van der Waals surface area contributed by atoms with Crippen LogP contribution in [0.1, 0.15) is 65.1 Å². The van der Waals surface area contributed by atoms with E-state index < -0.39 is 29.6 Å². The Labute approximate surface area is 246 Å². The van der Waals surface area contributed by atoms with Crippen molar-refractivity contribution in [3.05, 3.63) is 89.0 Å². The second-order valence-electron chi connectivity index (χ2n) is 10.0. The normalized spacial score (nSPS) is 14.5. The van der Waals surface area contributed by atoms with E-state index in [1.165, 1.54) is 47.9 Å². The largest absolute Gasteiger partial charge is 0.496 e. The number of nitrogens with one attached hydrogen (secondary N) is 1. The summed E-state index contributed by atoms with van der Waals surface area (Å²) >= 11 is 0. The van der Waals surface area contributed by atoms with Gasteiger partial charge >= 0.3 is 12.2 Å². The number of urea groups is 1. The lowest BCUT2D eigenvalue weighted by Crippen LogP contribution is -2.34. The second-order valence-corrected chi connectivity index (χ2v) is 10.0. The number of alkyl halides is 3. The number of aliphatic imine (C=N–C) groups is 1. The number of carbonyl (C=O) groups excluding carboxylic acids is 2. The SMILES string of the molecule is COc1ccc(NC(=O)N(Cc2ccc(C(=O)N=C(N)/N=N\N)cc2)c2ccc(C3CCCCC3)cc2)cc1C(F)(F)F. The lowest BCUT2D eigenvalue weighted by Gasteiger charge is -2.26. The van der Waals surface area contributed by atoms with Gasteiger partial charge in [-0.15, -0.1) is 0 Å². The zero-order valence-electron chi connectivity index (χ0n) is 23.5. The number of halogens is 3. The van der Waals surface area contributed by atoms with E-state index in [1.807, 2.05) is 24.3 Å². The summed E-state index contributed by atoms with van der Waals surface area (Å²) in [4.78, 5) is 30.9. The lowest BCUT2D eigenvalue weighted by molar-refractivity contribution is -0.138. The van der Waals surface area contributed by atoms with Gasteiger partial charge < -0.3 is 21.6 Å². The third-order valence-corrected chi connectivity index (χ3v) is 7.20. The molecule has 0 radical (unpaired) electrons. The van der Waals surface area contributed by atoms with Crippen LogP contribution in [0.15, 0.2) is 82.1 Å². The second kappa shape index (κ2) is 13.8. The molecule has 1 fully saturated rings. The molecule has 3 aromatic rings. The first-order chi connectivity index (χ1) is 20.6. The number of benzene rings is 3. The lowest BCUT2D eigenvalue weighted by atomic mass is 9.84. The third kappa shape index (κ3) is 8.09. The van der Waals surface area contributed by atoms with Crippen molar-refractivity contribution in [3.8, 4) is 5.75 Å². The van der Waals surface area contributed by atoms with Crippen LogP contribution in [-0.2, 0) is 12.7 Å². The first kappa shape index (κ1) is 31.0. The predicted octanol–water partition coefficient (Wildman–Crippen LogP) is 6.78. The number of carbonyl (C=O) groups is 2. The van der Waals surface area contributed by atoms with Crippen molar-refractivity contribution < 1.29 is 27.5 Å². The number of rotatable bonds is 7. The molecule has 0 unspecified atom stereocenters. The van der Waals surface area contributed by atoms with E-state index in [9.17, 15) is 22.8 Å².